The van der Waals surface area contributed by atoms with Crippen LogP contribution in [0.2, 0.25) is 0 Å². The molecule has 0 spiro atoms. The highest BCUT2D eigenvalue weighted by atomic mass is 16.5. The monoisotopic (exact) mass is 181 g/mol. The summed E-state index contributed by atoms with van der Waals surface area (Å²) < 4.78 is 7.62. The van der Waals surface area contributed by atoms with E-state index in [1.807, 2.05) is 6.20 Å². The van der Waals surface area contributed by atoms with Gasteiger partial charge in [0.15, 0.2) is 0 Å². The first-order valence-corrected chi connectivity index (χ1v) is 4.71. The lowest BCUT2D eigenvalue weighted by Gasteiger charge is -2.14. The van der Waals surface area contributed by atoms with Crippen molar-refractivity contribution in [2.75, 3.05) is 6.61 Å². The van der Waals surface area contributed by atoms with Gasteiger partial charge in [-0.3, -0.25) is 0 Å². The Morgan fingerprint density at radius 3 is 3.23 bits per heavy atom. The molecule has 4 heteroatoms. The highest BCUT2D eigenvalue weighted by Crippen LogP contribution is 2.26. The maximum atomic E-state index is 5.92. The number of aromatic nitrogens is 2. The van der Waals surface area contributed by atoms with E-state index in [9.17, 15) is 0 Å². The van der Waals surface area contributed by atoms with E-state index < -0.39 is 0 Å². The van der Waals surface area contributed by atoms with Crippen LogP contribution in [0.3, 0.4) is 0 Å². The van der Waals surface area contributed by atoms with Crippen LogP contribution in [-0.2, 0) is 11.3 Å². The van der Waals surface area contributed by atoms with Gasteiger partial charge in [-0.25, -0.2) is 4.98 Å². The Labute approximate surface area is 77.7 Å². The van der Waals surface area contributed by atoms with Crippen LogP contribution < -0.4 is 5.73 Å². The van der Waals surface area contributed by atoms with E-state index in [0.29, 0.717) is 0 Å². The summed E-state index contributed by atoms with van der Waals surface area (Å²) in [5, 5.41) is 0. The van der Waals surface area contributed by atoms with Gasteiger partial charge >= 0.3 is 0 Å². The zero-order chi connectivity index (χ0) is 9.26. The highest BCUT2D eigenvalue weighted by Gasteiger charge is 2.29. The molecular formula is C9H15N3O. The third-order valence-electron chi connectivity index (χ3n) is 2.48. The predicted octanol–water partition coefficient (Wildman–Crippen LogP) is 0.692. The Morgan fingerprint density at radius 1 is 1.77 bits per heavy atom. The van der Waals surface area contributed by atoms with Crippen LogP contribution in [0.4, 0.5) is 0 Å². The molecule has 0 aromatic carbocycles. The first kappa shape index (κ1) is 8.72. The van der Waals surface area contributed by atoms with E-state index in [4.69, 9.17) is 10.5 Å². The number of nitrogens with zero attached hydrogens (tertiary/aromatic N) is 2. The molecule has 0 aliphatic carbocycles. The molecule has 1 saturated heterocycles. The normalized spacial score (nSPS) is 28.2. The lowest BCUT2D eigenvalue weighted by molar-refractivity contribution is 0.0950. The van der Waals surface area contributed by atoms with Crippen molar-refractivity contribution < 1.29 is 4.74 Å². The summed E-state index contributed by atoms with van der Waals surface area (Å²) >= 11 is 0. The minimum Gasteiger partial charge on any atom is -0.369 e. The third-order valence-corrected chi connectivity index (χ3v) is 2.48. The smallest absolute Gasteiger partial charge is 0.139 e. The van der Waals surface area contributed by atoms with Crippen molar-refractivity contribution in [3.63, 3.8) is 0 Å². The van der Waals surface area contributed by atoms with E-state index in [-0.39, 0.29) is 12.1 Å². The molecule has 0 unspecified atom stereocenters. The van der Waals surface area contributed by atoms with Gasteiger partial charge in [0.25, 0.3) is 0 Å². The number of ether oxygens (including phenoxy) is 1. The van der Waals surface area contributed by atoms with Crippen LogP contribution in [-0.4, -0.2) is 22.2 Å². The van der Waals surface area contributed by atoms with Gasteiger partial charge < -0.3 is 15.0 Å². The third kappa shape index (κ3) is 1.47. The molecule has 72 valence electrons. The second kappa shape index (κ2) is 3.47. The number of rotatable bonds is 2. The van der Waals surface area contributed by atoms with Crippen molar-refractivity contribution in [2.24, 2.45) is 5.73 Å². The van der Waals surface area contributed by atoms with E-state index in [1.54, 1.807) is 6.20 Å². The Bertz CT molecular complexity index is 284. The van der Waals surface area contributed by atoms with E-state index in [1.165, 1.54) is 0 Å². The van der Waals surface area contributed by atoms with Gasteiger partial charge in [-0.15, -0.1) is 0 Å². The summed E-state index contributed by atoms with van der Waals surface area (Å²) in [4.78, 5) is 4.28. The molecule has 1 aromatic heterocycles. The zero-order valence-corrected chi connectivity index (χ0v) is 7.81. The first-order valence-electron chi connectivity index (χ1n) is 4.71. The predicted molar refractivity (Wildman–Crippen MR) is 49.2 cm³/mol. The average molecular weight is 181 g/mol. The van der Waals surface area contributed by atoms with Crippen molar-refractivity contribution in [3.8, 4) is 0 Å². The molecule has 2 rings (SSSR count). The quantitative estimate of drug-likeness (QED) is 0.730. The second-order valence-corrected chi connectivity index (χ2v) is 3.32. The number of aryl methyl sites for hydroxylation is 1. The molecule has 1 aliphatic rings. The van der Waals surface area contributed by atoms with Crippen molar-refractivity contribution in [1.82, 2.24) is 9.55 Å². The van der Waals surface area contributed by atoms with E-state index >= 15 is 0 Å². The van der Waals surface area contributed by atoms with Gasteiger partial charge in [-0.2, -0.15) is 0 Å². The summed E-state index contributed by atoms with van der Waals surface area (Å²) in [5.41, 5.74) is 5.92. The summed E-state index contributed by atoms with van der Waals surface area (Å²) in [7, 11) is 0. The maximum absolute atomic E-state index is 5.92. The van der Waals surface area contributed by atoms with E-state index in [0.717, 1.165) is 25.4 Å². The molecule has 1 fully saturated rings. The van der Waals surface area contributed by atoms with Crippen molar-refractivity contribution >= 4 is 0 Å². The van der Waals surface area contributed by atoms with Crippen LogP contribution in [0.5, 0.6) is 0 Å². The number of hydrogen-bond acceptors (Lipinski definition) is 3. The van der Waals surface area contributed by atoms with Crippen LogP contribution in [0, 0.1) is 0 Å². The molecule has 0 amide bonds. The lowest BCUT2D eigenvalue weighted by Crippen LogP contribution is -2.25. The molecule has 1 aliphatic heterocycles. The van der Waals surface area contributed by atoms with Crippen molar-refractivity contribution in [3.05, 3.63) is 18.2 Å². The first-order chi connectivity index (χ1) is 6.33. The molecule has 2 heterocycles. The Kier molecular flexibility index (Phi) is 2.33. The molecule has 4 nitrogen and oxygen atoms in total. The van der Waals surface area contributed by atoms with Gasteiger partial charge in [0.2, 0.25) is 0 Å². The molecule has 2 atom stereocenters. The fourth-order valence-corrected chi connectivity index (χ4v) is 1.72. The topological polar surface area (TPSA) is 53.1 Å². The van der Waals surface area contributed by atoms with Crippen LogP contribution in [0.1, 0.15) is 25.3 Å². The lowest BCUT2D eigenvalue weighted by atomic mass is 10.1. The molecule has 2 N–H and O–H groups in total. The van der Waals surface area contributed by atoms with Crippen LogP contribution >= 0.6 is 0 Å². The Balaban J connectivity index is 2.23. The standard InChI is InChI=1S/C9H15N3O/c1-2-12-5-4-11-9(12)8-7(10)3-6-13-8/h4-5,7-8H,2-3,6,10H2,1H3/t7-,8-/m0/s1. The molecule has 0 saturated carbocycles. The summed E-state index contributed by atoms with van der Waals surface area (Å²) in [6.07, 6.45) is 4.69. The van der Waals surface area contributed by atoms with Crippen LogP contribution in [0.15, 0.2) is 12.4 Å². The fourth-order valence-electron chi connectivity index (χ4n) is 1.72. The number of nitrogens with two attached hydrogens (primary N) is 1. The second-order valence-electron chi connectivity index (χ2n) is 3.32. The molecule has 1 aromatic rings. The van der Waals surface area contributed by atoms with Gasteiger partial charge in [0, 0.05) is 31.6 Å². The van der Waals surface area contributed by atoms with Gasteiger partial charge in [0.05, 0.1) is 0 Å². The van der Waals surface area contributed by atoms with Crippen LogP contribution in [0.25, 0.3) is 0 Å². The molecule has 0 radical (unpaired) electrons. The zero-order valence-electron chi connectivity index (χ0n) is 7.81. The average Bonchev–Trinajstić information content (AvgIpc) is 2.71. The summed E-state index contributed by atoms with van der Waals surface area (Å²) in [6.45, 7) is 3.76. The largest absolute Gasteiger partial charge is 0.369 e. The minimum absolute atomic E-state index is 0.00468. The summed E-state index contributed by atoms with van der Waals surface area (Å²) in [5.74, 6) is 0.965. The van der Waals surface area contributed by atoms with Gasteiger partial charge in [-0.05, 0) is 13.3 Å². The molecular weight excluding hydrogens is 166 g/mol. The SMILES string of the molecule is CCn1ccnc1[C@H]1OCC[C@@H]1N. The highest BCUT2D eigenvalue weighted by molar-refractivity contribution is 5.02. The van der Waals surface area contributed by atoms with E-state index in [2.05, 4.69) is 16.5 Å². The molecule has 0 bridgehead atoms. The number of imidazole rings is 1. The van der Waals surface area contributed by atoms with Crippen molar-refractivity contribution in [1.29, 1.82) is 0 Å². The maximum Gasteiger partial charge on any atom is 0.139 e. The van der Waals surface area contributed by atoms with Gasteiger partial charge in [0.1, 0.15) is 11.9 Å². The Hall–Kier alpha value is -0.870. The molecule has 13 heavy (non-hydrogen) atoms. The Morgan fingerprint density at radius 2 is 2.62 bits per heavy atom. The minimum atomic E-state index is -0.00468. The summed E-state index contributed by atoms with van der Waals surface area (Å²) in [6, 6.07) is 0.104. The van der Waals surface area contributed by atoms with Crippen molar-refractivity contribution in [2.45, 2.75) is 32.0 Å². The number of hydrogen-bond donors (Lipinski definition) is 1. The fraction of sp³-hybridized carbons (Fsp3) is 0.667. The van der Waals surface area contributed by atoms with Gasteiger partial charge in [-0.1, -0.05) is 0 Å².